The molecule has 37 heavy (non-hydrogen) atoms. The Hall–Kier alpha value is -4.38. The second-order valence-electron chi connectivity index (χ2n) is 7.78. The molecule has 0 spiro atoms. The van der Waals surface area contributed by atoms with Gasteiger partial charge in [0.1, 0.15) is 12.4 Å². The van der Waals surface area contributed by atoms with Gasteiger partial charge in [0.25, 0.3) is 5.91 Å². The van der Waals surface area contributed by atoms with Gasteiger partial charge in [0.15, 0.2) is 5.82 Å². The summed E-state index contributed by atoms with van der Waals surface area (Å²) < 4.78 is 56.1. The van der Waals surface area contributed by atoms with Gasteiger partial charge in [-0.1, -0.05) is 12.1 Å². The highest BCUT2D eigenvalue weighted by Gasteiger charge is 2.30. The van der Waals surface area contributed by atoms with Crippen molar-refractivity contribution in [1.82, 2.24) is 14.8 Å². The van der Waals surface area contributed by atoms with Crippen molar-refractivity contribution in [3.63, 3.8) is 0 Å². The second kappa shape index (κ2) is 11.1. The normalized spacial score (nSPS) is 11.3. The van der Waals surface area contributed by atoms with Crippen molar-refractivity contribution in [3.05, 3.63) is 83.9 Å². The summed E-state index contributed by atoms with van der Waals surface area (Å²) in [5.74, 6) is 0.634. The summed E-state index contributed by atoms with van der Waals surface area (Å²) >= 11 is 0. The van der Waals surface area contributed by atoms with Gasteiger partial charge in [-0.3, -0.25) is 4.79 Å². The SMILES string of the molecule is COCCOc1nc(-c2ccc(C(F)(F)F)cc2)n(-c2ccc(NC(=O)c3ccc(OC)cc3)cc2)n1. The highest BCUT2D eigenvalue weighted by atomic mass is 19.4. The van der Waals surface area contributed by atoms with E-state index in [1.54, 1.807) is 55.6 Å². The Morgan fingerprint density at radius 2 is 1.59 bits per heavy atom. The Bertz CT molecular complexity index is 1340. The van der Waals surface area contributed by atoms with E-state index in [-0.39, 0.29) is 24.3 Å². The quantitative estimate of drug-likeness (QED) is 0.309. The van der Waals surface area contributed by atoms with E-state index in [1.165, 1.54) is 23.9 Å². The average Bonchev–Trinajstić information content (AvgIpc) is 3.33. The number of nitrogens with zero attached hydrogens (tertiary/aromatic N) is 3. The van der Waals surface area contributed by atoms with Crippen LogP contribution in [-0.4, -0.2) is 48.1 Å². The first-order valence-corrected chi connectivity index (χ1v) is 11.1. The summed E-state index contributed by atoms with van der Waals surface area (Å²) in [5, 5.41) is 7.17. The number of methoxy groups -OCH3 is 2. The maximum Gasteiger partial charge on any atom is 0.416 e. The number of alkyl halides is 3. The van der Waals surface area contributed by atoms with Crippen LogP contribution in [0.25, 0.3) is 17.1 Å². The predicted octanol–water partition coefficient (Wildman–Crippen LogP) is 5.24. The lowest BCUT2D eigenvalue weighted by Gasteiger charge is -2.10. The molecule has 8 nitrogen and oxygen atoms in total. The average molecular weight is 512 g/mol. The molecule has 4 aromatic rings. The van der Waals surface area contributed by atoms with Crippen LogP contribution in [-0.2, 0) is 10.9 Å². The van der Waals surface area contributed by atoms with Crippen molar-refractivity contribution in [2.75, 3.05) is 32.8 Å². The minimum Gasteiger partial charge on any atom is -0.497 e. The molecule has 0 saturated carbocycles. The zero-order valence-corrected chi connectivity index (χ0v) is 20.0. The molecule has 1 amide bonds. The van der Waals surface area contributed by atoms with E-state index in [0.717, 1.165) is 12.1 Å². The van der Waals surface area contributed by atoms with Crippen molar-refractivity contribution >= 4 is 11.6 Å². The van der Waals surface area contributed by atoms with Crippen molar-refractivity contribution < 1.29 is 32.2 Å². The Morgan fingerprint density at radius 3 is 2.19 bits per heavy atom. The summed E-state index contributed by atoms with van der Waals surface area (Å²) in [7, 11) is 3.07. The number of aromatic nitrogens is 3. The molecular formula is C26H23F3N4O4. The first kappa shape index (κ1) is 25.7. The molecule has 0 atom stereocenters. The van der Waals surface area contributed by atoms with Crippen LogP contribution in [0.5, 0.6) is 11.8 Å². The third kappa shape index (κ3) is 6.25. The molecule has 1 N–H and O–H groups in total. The van der Waals surface area contributed by atoms with Crippen molar-refractivity contribution in [2.45, 2.75) is 6.18 Å². The van der Waals surface area contributed by atoms with Crippen LogP contribution in [0.2, 0.25) is 0 Å². The zero-order chi connectivity index (χ0) is 26.4. The molecular weight excluding hydrogens is 489 g/mol. The smallest absolute Gasteiger partial charge is 0.416 e. The lowest BCUT2D eigenvalue weighted by molar-refractivity contribution is -0.137. The van der Waals surface area contributed by atoms with Crippen LogP contribution in [0.3, 0.4) is 0 Å². The molecule has 1 aromatic heterocycles. The first-order valence-electron chi connectivity index (χ1n) is 11.1. The number of anilines is 1. The fraction of sp³-hybridized carbons (Fsp3) is 0.192. The number of halogens is 3. The summed E-state index contributed by atoms with van der Waals surface area (Å²) in [6, 6.07) is 18.1. The Balaban J connectivity index is 1.59. The van der Waals surface area contributed by atoms with Gasteiger partial charge in [-0.05, 0) is 60.7 Å². The molecule has 192 valence electrons. The van der Waals surface area contributed by atoms with E-state index in [9.17, 15) is 18.0 Å². The Kier molecular flexibility index (Phi) is 7.73. The molecule has 0 unspecified atom stereocenters. The maximum absolute atomic E-state index is 13.0. The molecule has 0 aliphatic rings. The summed E-state index contributed by atoms with van der Waals surface area (Å²) in [6.45, 7) is 0.510. The van der Waals surface area contributed by atoms with Gasteiger partial charge in [0, 0.05) is 23.9 Å². The lowest BCUT2D eigenvalue weighted by atomic mass is 10.1. The zero-order valence-electron chi connectivity index (χ0n) is 20.0. The molecule has 1 heterocycles. The van der Waals surface area contributed by atoms with Gasteiger partial charge in [-0.25, -0.2) is 4.68 Å². The van der Waals surface area contributed by atoms with Crippen LogP contribution in [0.15, 0.2) is 72.8 Å². The van der Waals surface area contributed by atoms with Crippen LogP contribution in [0.1, 0.15) is 15.9 Å². The van der Waals surface area contributed by atoms with Gasteiger partial charge in [-0.15, -0.1) is 5.10 Å². The fourth-order valence-corrected chi connectivity index (χ4v) is 3.38. The molecule has 4 rings (SSSR count). The molecule has 0 radical (unpaired) electrons. The number of amides is 1. The number of hydrogen-bond donors (Lipinski definition) is 1. The van der Waals surface area contributed by atoms with E-state index < -0.39 is 11.7 Å². The van der Waals surface area contributed by atoms with E-state index in [1.807, 2.05) is 0 Å². The largest absolute Gasteiger partial charge is 0.497 e. The van der Waals surface area contributed by atoms with Crippen molar-refractivity contribution in [2.24, 2.45) is 0 Å². The highest BCUT2D eigenvalue weighted by Crippen LogP contribution is 2.31. The number of carbonyl (C=O) groups is 1. The lowest BCUT2D eigenvalue weighted by Crippen LogP contribution is -2.11. The summed E-state index contributed by atoms with van der Waals surface area (Å²) in [4.78, 5) is 16.9. The molecule has 0 saturated heterocycles. The standard InChI is InChI=1S/C26H23F3N4O4/c1-35-15-16-37-25-31-23(17-3-7-19(8-4-17)26(27,28)29)33(32-25)21-11-9-20(10-12-21)30-24(34)18-5-13-22(36-2)14-6-18/h3-14H,15-16H2,1-2H3,(H,30,34). The Labute approximate surface area is 210 Å². The van der Waals surface area contributed by atoms with Crippen LogP contribution >= 0.6 is 0 Å². The third-order valence-corrected chi connectivity index (χ3v) is 5.30. The van der Waals surface area contributed by atoms with Crippen LogP contribution in [0, 0.1) is 0 Å². The number of ether oxygens (including phenoxy) is 3. The minimum absolute atomic E-state index is 0.0452. The van der Waals surface area contributed by atoms with Gasteiger partial charge in [0.2, 0.25) is 0 Å². The van der Waals surface area contributed by atoms with E-state index in [2.05, 4.69) is 15.4 Å². The number of rotatable bonds is 9. The van der Waals surface area contributed by atoms with Crippen molar-refractivity contribution in [1.29, 1.82) is 0 Å². The second-order valence-corrected chi connectivity index (χ2v) is 7.78. The number of carbonyl (C=O) groups excluding carboxylic acids is 1. The molecule has 3 aromatic carbocycles. The summed E-state index contributed by atoms with van der Waals surface area (Å²) in [6.07, 6.45) is -4.45. The predicted molar refractivity (Wildman–Crippen MR) is 130 cm³/mol. The van der Waals surface area contributed by atoms with Gasteiger partial charge < -0.3 is 19.5 Å². The van der Waals surface area contributed by atoms with E-state index >= 15 is 0 Å². The van der Waals surface area contributed by atoms with Crippen LogP contribution in [0.4, 0.5) is 18.9 Å². The number of benzene rings is 3. The van der Waals surface area contributed by atoms with Gasteiger partial charge >= 0.3 is 12.2 Å². The molecule has 0 aliphatic heterocycles. The van der Waals surface area contributed by atoms with Crippen LogP contribution < -0.4 is 14.8 Å². The fourth-order valence-electron chi connectivity index (χ4n) is 3.38. The number of nitrogens with one attached hydrogen (secondary N) is 1. The number of hydrogen-bond acceptors (Lipinski definition) is 6. The molecule has 11 heteroatoms. The summed E-state index contributed by atoms with van der Waals surface area (Å²) in [5.41, 5.74) is 1.21. The maximum atomic E-state index is 13.0. The molecule has 0 bridgehead atoms. The Morgan fingerprint density at radius 1 is 0.919 bits per heavy atom. The minimum atomic E-state index is -4.45. The molecule has 0 fully saturated rings. The highest BCUT2D eigenvalue weighted by molar-refractivity contribution is 6.04. The van der Waals surface area contributed by atoms with Crippen molar-refractivity contribution in [3.8, 4) is 28.8 Å². The monoisotopic (exact) mass is 512 g/mol. The first-order chi connectivity index (χ1) is 17.8. The van der Waals surface area contributed by atoms with Gasteiger partial charge in [0.05, 0.1) is 25.0 Å². The topological polar surface area (TPSA) is 87.5 Å². The van der Waals surface area contributed by atoms with E-state index in [0.29, 0.717) is 34.9 Å². The molecule has 0 aliphatic carbocycles. The van der Waals surface area contributed by atoms with E-state index in [4.69, 9.17) is 14.2 Å². The third-order valence-electron chi connectivity index (χ3n) is 5.30. The van der Waals surface area contributed by atoms with Gasteiger partial charge in [-0.2, -0.15) is 18.2 Å².